The zero-order chi connectivity index (χ0) is 14.4. The largest absolute Gasteiger partial charge is 0.464 e. The van der Waals surface area contributed by atoms with E-state index in [2.05, 4.69) is 29.3 Å². The zero-order valence-electron chi connectivity index (χ0n) is 12.7. The van der Waals surface area contributed by atoms with Gasteiger partial charge >= 0.3 is 0 Å². The van der Waals surface area contributed by atoms with Crippen LogP contribution in [-0.2, 0) is 11.3 Å². The fourth-order valence-corrected chi connectivity index (χ4v) is 3.04. The third-order valence-electron chi connectivity index (χ3n) is 4.87. The van der Waals surface area contributed by atoms with E-state index < -0.39 is 0 Å². The second-order valence-corrected chi connectivity index (χ2v) is 7.10. The minimum atomic E-state index is 0.173. The second kappa shape index (κ2) is 5.16. The number of nitrogens with zero attached hydrogens (tertiary/aromatic N) is 1. The van der Waals surface area contributed by atoms with Crippen molar-refractivity contribution in [3.8, 4) is 0 Å². The van der Waals surface area contributed by atoms with Crippen molar-refractivity contribution in [1.29, 1.82) is 0 Å². The van der Waals surface area contributed by atoms with Crippen LogP contribution in [0, 0.1) is 5.92 Å². The summed E-state index contributed by atoms with van der Waals surface area (Å²) < 4.78 is 5.99. The number of carbonyl (C=O) groups is 1. The molecule has 0 aromatic carbocycles. The predicted molar refractivity (Wildman–Crippen MR) is 79.8 cm³/mol. The highest BCUT2D eigenvalue weighted by Crippen LogP contribution is 2.47. The van der Waals surface area contributed by atoms with E-state index in [0.29, 0.717) is 24.5 Å². The fraction of sp³-hybridized carbons (Fsp3) is 0.706. The summed E-state index contributed by atoms with van der Waals surface area (Å²) in [7, 11) is 0. The smallest absolute Gasteiger partial charge is 0.234 e. The predicted octanol–water partition coefficient (Wildman–Crippen LogP) is 2.65. The van der Waals surface area contributed by atoms with Crippen molar-refractivity contribution in [2.45, 2.75) is 63.6 Å². The van der Waals surface area contributed by atoms with E-state index in [4.69, 9.17) is 4.42 Å². The van der Waals surface area contributed by atoms with Crippen molar-refractivity contribution < 1.29 is 9.21 Å². The molecule has 1 N–H and O–H groups in total. The molecule has 2 atom stereocenters. The van der Waals surface area contributed by atoms with E-state index in [0.717, 1.165) is 36.8 Å². The quantitative estimate of drug-likeness (QED) is 0.839. The summed E-state index contributed by atoms with van der Waals surface area (Å²) in [6, 6.07) is 5.24. The van der Waals surface area contributed by atoms with E-state index in [1.165, 1.54) is 19.3 Å². The lowest BCUT2D eigenvalue weighted by atomic mass is 10.3. The molecule has 3 aliphatic carbocycles. The highest BCUT2D eigenvalue weighted by atomic mass is 16.3. The molecule has 3 saturated carbocycles. The molecule has 3 fully saturated rings. The Labute approximate surface area is 125 Å². The summed E-state index contributed by atoms with van der Waals surface area (Å²) in [5.74, 6) is 3.72. The van der Waals surface area contributed by atoms with Crippen LogP contribution in [0.15, 0.2) is 16.5 Å². The van der Waals surface area contributed by atoms with Gasteiger partial charge in [0, 0.05) is 18.0 Å². The normalized spacial score (nSPS) is 27.9. The van der Waals surface area contributed by atoms with E-state index in [-0.39, 0.29) is 5.91 Å². The van der Waals surface area contributed by atoms with Crippen LogP contribution in [0.3, 0.4) is 0 Å². The average Bonchev–Trinajstić information content (AvgIpc) is 3.29. The summed E-state index contributed by atoms with van der Waals surface area (Å²) in [4.78, 5) is 14.3. The highest BCUT2D eigenvalue weighted by Gasteiger charge is 2.37. The Balaban J connectivity index is 1.35. The first-order valence-corrected chi connectivity index (χ1v) is 8.31. The van der Waals surface area contributed by atoms with Crippen LogP contribution in [0.4, 0.5) is 0 Å². The van der Waals surface area contributed by atoms with Gasteiger partial charge in [-0.05, 0) is 50.2 Å². The summed E-state index contributed by atoms with van der Waals surface area (Å²) in [6.45, 7) is 3.55. The molecule has 1 aromatic heterocycles. The summed E-state index contributed by atoms with van der Waals surface area (Å²) in [5, 5.41) is 3.08. The molecule has 3 aliphatic rings. The first kappa shape index (κ1) is 13.4. The molecule has 4 nitrogen and oxygen atoms in total. The van der Waals surface area contributed by atoms with Crippen LogP contribution in [0.5, 0.6) is 0 Å². The van der Waals surface area contributed by atoms with E-state index in [9.17, 15) is 4.79 Å². The van der Waals surface area contributed by atoms with Gasteiger partial charge in [0.05, 0.1) is 13.1 Å². The molecule has 0 bridgehead atoms. The number of carbonyl (C=O) groups excluding carboxylic acids is 1. The van der Waals surface area contributed by atoms with Crippen molar-refractivity contribution in [2.24, 2.45) is 5.92 Å². The Hall–Kier alpha value is -1.29. The van der Waals surface area contributed by atoms with Gasteiger partial charge in [0.25, 0.3) is 0 Å². The van der Waals surface area contributed by atoms with Gasteiger partial charge in [-0.2, -0.15) is 0 Å². The Morgan fingerprint density at radius 3 is 2.71 bits per heavy atom. The first-order valence-electron chi connectivity index (χ1n) is 8.31. The van der Waals surface area contributed by atoms with E-state index in [1.807, 2.05) is 0 Å². The van der Waals surface area contributed by atoms with Crippen LogP contribution in [0.1, 0.15) is 56.5 Å². The molecule has 0 saturated heterocycles. The van der Waals surface area contributed by atoms with Crippen molar-refractivity contribution in [3.63, 3.8) is 0 Å². The minimum Gasteiger partial charge on any atom is -0.464 e. The standard InChI is InChI=1S/C17H24N2O2/c1-11-8-15(11)16-7-6-14(21-16)9-19(13-4-5-13)10-17(20)18-12-2-3-12/h6-7,11-13,15H,2-5,8-10H2,1H3,(H,18,20)/t11-,15-/m1/s1. The van der Waals surface area contributed by atoms with Gasteiger partial charge in [-0.25, -0.2) is 0 Å². The molecule has 4 rings (SSSR count). The van der Waals surface area contributed by atoms with Crippen molar-refractivity contribution in [3.05, 3.63) is 23.7 Å². The van der Waals surface area contributed by atoms with Gasteiger partial charge in [-0.15, -0.1) is 0 Å². The SMILES string of the molecule is C[C@@H]1C[C@H]1c1ccc(CN(CC(=O)NC2CC2)C2CC2)o1. The first-order chi connectivity index (χ1) is 10.2. The Bertz CT molecular complexity index is 531. The topological polar surface area (TPSA) is 45.5 Å². The maximum Gasteiger partial charge on any atom is 0.234 e. The minimum absolute atomic E-state index is 0.173. The third kappa shape index (κ3) is 3.31. The average molecular weight is 288 g/mol. The summed E-state index contributed by atoms with van der Waals surface area (Å²) in [5.41, 5.74) is 0. The molecule has 21 heavy (non-hydrogen) atoms. The van der Waals surface area contributed by atoms with Crippen LogP contribution in [0.25, 0.3) is 0 Å². The molecule has 1 amide bonds. The van der Waals surface area contributed by atoms with Crippen molar-refractivity contribution >= 4 is 5.91 Å². The maximum atomic E-state index is 12.0. The monoisotopic (exact) mass is 288 g/mol. The molecule has 0 unspecified atom stereocenters. The van der Waals surface area contributed by atoms with Crippen LogP contribution in [0.2, 0.25) is 0 Å². The van der Waals surface area contributed by atoms with Gasteiger partial charge in [0.2, 0.25) is 5.91 Å². The molecular formula is C17H24N2O2. The number of rotatable bonds is 7. The fourth-order valence-electron chi connectivity index (χ4n) is 3.04. The molecule has 4 heteroatoms. The number of hydrogen-bond donors (Lipinski definition) is 1. The van der Waals surface area contributed by atoms with Crippen LogP contribution >= 0.6 is 0 Å². The number of nitrogens with one attached hydrogen (secondary N) is 1. The Kier molecular flexibility index (Phi) is 3.29. The van der Waals surface area contributed by atoms with Gasteiger partial charge in [-0.1, -0.05) is 6.92 Å². The van der Waals surface area contributed by atoms with Gasteiger partial charge in [0.15, 0.2) is 0 Å². The number of hydrogen-bond acceptors (Lipinski definition) is 3. The van der Waals surface area contributed by atoms with Gasteiger partial charge in [0.1, 0.15) is 11.5 Å². The third-order valence-corrected chi connectivity index (χ3v) is 4.87. The Morgan fingerprint density at radius 1 is 1.33 bits per heavy atom. The molecule has 1 heterocycles. The molecule has 1 aromatic rings. The molecule has 0 aliphatic heterocycles. The van der Waals surface area contributed by atoms with Crippen LogP contribution in [-0.4, -0.2) is 29.4 Å². The molecule has 0 radical (unpaired) electrons. The summed E-state index contributed by atoms with van der Waals surface area (Å²) in [6.07, 6.45) is 5.98. The zero-order valence-corrected chi connectivity index (χ0v) is 12.7. The lowest BCUT2D eigenvalue weighted by Crippen LogP contribution is -2.38. The van der Waals surface area contributed by atoms with Gasteiger partial charge < -0.3 is 9.73 Å². The molecule has 114 valence electrons. The van der Waals surface area contributed by atoms with Crippen LogP contribution < -0.4 is 5.32 Å². The highest BCUT2D eigenvalue weighted by molar-refractivity contribution is 5.78. The number of amides is 1. The molecular weight excluding hydrogens is 264 g/mol. The Morgan fingerprint density at radius 2 is 2.10 bits per heavy atom. The second-order valence-electron chi connectivity index (χ2n) is 7.10. The van der Waals surface area contributed by atoms with E-state index >= 15 is 0 Å². The number of furan rings is 1. The van der Waals surface area contributed by atoms with Gasteiger partial charge in [-0.3, -0.25) is 9.69 Å². The van der Waals surface area contributed by atoms with E-state index in [1.54, 1.807) is 0 Å². The lowest BCUT2D eigenvalue weighted by Gasteiger charge is -2.20. The molecule has 0 spiro atoms. The summed E-state index contributed by atoms with van der Waals surface area (Å²) >= 11 is 0. The lowest BCUT2D eigenvalue weighted by molar-refractivity contribution is -0.122. The maximum absolute atomic E-state index is 12.0. The van der Waals surface area contributed by atoms with Crippen molar-refractivity contribution in [2.75, 3.05) is 6.54 Å². The van der Waals surface area contributed by atoms with Crippen molar-refractivity contribution in [1.82, 2.24) is 10.2 Å².